The third kappa shape index (κ3) is 3.18. The summed E-state index contributed by atoms with van der Waals surface area (Å²) in [7, 11) is 1.87. The predicted octanol–water partition coefficient (Wildman–Crippen LogP) is 0.381. The summed E-state index contributed by atoms with van der Waals surface area (Å²) in [5, 5.41) is 6.14. The average molecular weight is 214 g/mol. The Morgan fingerprint density at radius 1 is 1.33 bits per heavy atom. The molecule has 0 aliphatic carbocycles. The van der Waals surface area contributed by atoms with Crippen molar-refractivity contribution in [1.29, 1.82) is 0 Å². The second-order valence-corrected chi connectivity index (χ2v) is 4.58. The van der Waals surface area contributed by atoms with E-state index in [1.165, 1.54) is 0 Å². The monoisotopic (exact) mass is 214 g/mol. The van der Waals surface area contributed by atoms with Gasteiger partial charge in [-0.25, -0.2) is 0 Å². The van der Waals surface area contributed by atoms with E-state index in [1.54, 1.807) is 0 Å². The van der Waals surface area contributed by atoms with E-state index >= 15 is 0 Å². The molecule has 88 valence electrons. The number of hydrogen-bond acceptors (Lipinski definition) is 3. The van der Waals surface area contributed by atoms with Crippen LogP contribution in [0.4, 0.5) is 0 Å². The molecule has 4 heteroatoms. The molecule has 0 aromatic rings. The first-order chi connectivity index (χ1) is 7.06. The van der Waals surface area contributed by atoms with Gasteiger partial charge in [-0.05, 0) is 19.9 Å². The van der Waals surface area contributed by atoms with Gasteiger partial charge in [0.25, 0.3) is 0 Å². The molecule has 1 rings (SSSR count). The lowest BCUT2D eigenvalue weighted by Gasteiger charge is -2.22. The molecule has 0 radical (unpaired) electrons. The van der Waals surface area contributed by atoms with Crippen LogP contribution in [0.1, 0.15) is 20.8 Å². The lowest BCUT2D eigenvalue weighted by atomic mass is 10.0. The van der Waals surface area contributed by atoms with Crippen LogP contribution in [0, 0.1) is 11.8 Å². The van der Waals surface area contributed by atoms with E-state index in [4.69, 9.17) is 4.74 Å². The summed E-state index contributed by atoms with van der Waals surface area (Å²) in [6.45, 7) is 7.40. The van der Waals surface area contributed by atoms with E-state index in [2.05, 4.69) is 24.5 Å². The number of carbonyl (C=O) groups is 1. The highest BCUT2D eigenvalue weighted by atomic mass is 16.5. The summed E-state index contributed by atoms with van der Waals surface area (Å²) < 4.78 is 5.30. The van der Waals surface area contributed by atoms with Gasteiger partial charge in [0.15, 0.2) is 0 Å². The molecule has 0 aromatic heterocycles. The summed E-state index contributed by atoms with van der Waals surface area (Å²) in [4.78, 5) is 11.9. The van der Waals surface area contributed by atoms with Gasteiger partial charge in [0.2, 0.25) is 5.91 Å². The largest absolute Gasteiger partial charge is 0.379 e. The van der Waals surface area contributed by atoms with E-state index in [0.717, 1.165) is 0 Å². The van der Waals surface area contributed by atoms with Crippen molar-refractivity contribution in [2.24, 2.45) is 11.8 Å². The Balaban J connectivity index is 2.46. The topological polar surface area (TPSA) is 50.4 Å². The van der Waals surface area contributed by atoms with Gasteiger partial charge >= 0.3 is 0 Å². The normalized spacial score (nSPS) is 28.1. The minimum Gasteiger partial charge on any atom is -0.379 e. The second-order valence-electron chi connectivity index (χ2n) is 4.58. The zero-order valence-corrected chi connectivity index (χ0v) is 10.0. The molecule has 1 saturated heterocycles. The Morgan fingerprint density at radius 3 is 2.53 bits per heavy atom. The first-order valence-corrected chi connectivity index (χ1v) is 5.61. The number of hydrogen-bond donors (Lipinski definition) is 2. The number of nitrogens with one attached hydrogen (secondary N) is 2. The van der Waals surface area contributed by atoms with Crippen molar-refractivity contribution >= 4 is 5.91 Å². The van der Waals surface area contributed by atoms with Gasteiger partial charge in [0.1, 0.15) is 0 Å². The molecule has 4 nitrogen and oxygen atoms in total. The van der Waals surface area contributed by atoms with E-state index in [9.17, 15) is 4.79 Å². The fourth-order valence-corrected chi connectivity index (χ4v) is 1.60. The van der Waals surface area contributed by atoms with Crippen molar-refractivity contribution in [3.05, 3.63) is 0 Å². The zero-order valence-electron chi connectivity index (χ0n) is 10.0. The molecule has 1 fully saturated rings. The van der Waals surface area contributed by atoms with Crippen LogP contribution < -0.4 is 10.6 Å². The quantitative estimate of drug-likeness (QED) is 0.711. The van der Waals surface area contributed by atoms with Gasteiger partial charge in [0, 0.05) is 12.1 Å². The van der Waals surface area contributed by atoms with Crippen LogP contribution >= 0.6 is 0 Å². The molecule has 1 aliphatic rings. The van der Waals surface area contributed by atoms with E-state index in [0.29, 0.717) is 19.1 Å². The first kappa shape index (κ1) is 12.5. The average Bonchev–Trinajstić information content (AvgIpc) is 2.64. The van der Waals surface area contributed by atoms with Crippen LogP contribution in [-0.2, 0) is 9.53 Å². The van der Waals surface area contributed by atoms with Crippen LogP contribution in [0.5, 0.6) is 0 Å². The highest BCUT2D eigenvalue weighted by molar-refractivity contribution is 5.80. The first-order valence-electron chi connectivity index (χ1n) is 5.61. The van der Waals surface area contributed by atoms with Crippen molar-refractivity contribution in [2.45, 2.75) is 32.9 Å². The predicted molar refractivity (Wildman–Crippen MR) is 59.6 cm³/mol. The maximum absolute atomic E-state index is 11.9. The van der Waals surface area contributed by atoms with Gasteiger partial charge in [-0.15, -0.1) is 0 Å². The smallest absolute Gasteiger partial charge is 0.227 e. The molecule has 1 heterocycles. The molecule has 1 aliphatic heterocycles. The molecule has 0 bridgehead atoms. The molecule has 2 N–H and O–H groups in total. The van der Waals surface area contributed by atoms with Crippen molar-refractivity contribution in [1.82, 2.24) is 10.6 Å². The van der Waals surface area contributed by atoms with Gasteiger partial charge in [-0.3, -0.25) is 4.79 Å². The van der Waals surface area contributed by atoms with Gasteiger partial charge < -0.3 is 15.4 Å². The van der Waals surface area contributed by atoms with Crippen molar-refractivity contribution < 1.29 is 9.53 Å². The highest BCUT2D eigenvalue weighted by Gasteiger charge is 2.33. The van der Waals surface area contributed by atoms with Crippen molar-refractivity contribution in [2.75, 3.05) is 20.3 Å². The fourth-order valence-electron chi connectivity index (χ4n) is 1.60. The van der Waals surface area contributed by atoms with Crippen LogP contribution in [0.2, 0.25) is 0 Å². The highest BCUT2D eigenvalue weighted by Crippen LogP contribution is 2.14. The SMILES string of the molecule is CNC1COCC1C(=O)NC(C)C(C)C. The number of ether oxygens (including phenoxy) is 1. The third-order valence-corrected chi connectivity index (χ3v) is 3.16. The summed E-state index contributed by atoms with van der Waals surface area (Å²) in [6.07, 6.45) is 0. The Bertz CT molecular complexity index is 219. The van der Waals surface area contributed by atoms with Crippen molar-refractivity contribution in [3.63, 3.8) is 0 Å². The summed E-state index contributed by atoms with van der Waals surface area (Å²) in [5.74, 6) is 0.522. The molecule has 0 spiro atoms. The minimum absolute atomic E-state index is 0.0452. The lowest BCUT2D eigenvalue weighted by Crippen LogP contribution is -2.46. The molecule has 15 heavy (non-hydrogen) atoms. The Kier molecular flexibility index (Phi) is 4.54. The Morgan fingerprint density at radius 2 is 2.00 bits per heavy atom. The van der Waals surface area contributed by atoms with E-state index in [1.807, 2.05) is 14.0 Å². The number of likely N-dealkylation sites (N-methyl/N-ethyl adjacent to an activating group) is 1. The molecule has 0 aromatic carbocycles. The summed E-state index contributed by atoms with van der Waals surface area (Å²) >= 11 is 0. The second kappa shape index (κ2) is 5.47. The van der Waals surface area contributed by atoms with Crippen LogP contribution in [0.25, 0.3) is 0 Å². The zero-order chi connectivity index (χ0) is 11.4. The maximum atomic E-state index is 11.9. The molecule has 3 unspecified atom stereocenters. The summed E-state index contributed by atoms with van der Waals surface area (Å²) in [6, 6.07) is 0.375. The number of carbonyl (C=O) groups excluding carboxylic acids is 1. The maximum Gasteiger partial charge on any atom is 0.227 e. The third-order valence-electron chi connectivity index (χ3n) is 3.16. The van der Waals surface area contributed by atoms with Crippen LogP contribution in [-0.4, -0.2) is 38.3 Å². The molecular weight excluding hydrogens is 192 g/mol. The minimum atomic E-state index is -0.0452. The number of amides is 1. The van der Waals surface area contributed by atoms with Crippen molar-refractivity contribution in [3.8, 4) is 0 Å². The molecule has 1 amide bonds. The lowest BCUT2D eigenvalue weighted by molar-refractivity contribution is -0.126. The fraction of sp³-hybridized carbons (Fsp3) is 0.909. The van der Waals surface area contributed by atoms with Crippen LogP contribution in [0.3, 0.4) is 0 Å². The standard InChI is InChI=1S/C11H22N2O2/c1-7(2)8(3)13-11(14)9-5-15-6-10(9)12-4/h7-10,12H,5-6H2,1-4H3,(H,13,14). The van der Waals surface area contributed by atoms with E-state index in [-0.39, 0.29) is 23.9 Å². The Hall–Kier alpha value is -0.610. The molecule has 3 atom stereocenters. The Labute approximate surface area is 91.8 Å². The van der Waals surface area contributed by atoms with Gasteiger partial charge in [-0.1, -0.05) is 13.8 Å². The van der Waals surface area contributed by atoms with E-state index < -0.39 is 0 Å². The van der Waals surface area contributed by atoms with Crippen LogP contribution in [0.15, 0.2) is 0 Å². The van der Waals surface area contributed by atoms with Gasteiger partial charge in [0.05, 0.1) is 19.1 Å². The molecular formula is C11H22N2O2. The molecule has 0 saturated carbocycles. The van der Waals surface area contributed by atoms with Gasteiger partial charge in [-0.2, -0.15) is 0 Å². The summed E-state index contributed by atoms with van der Waals surface area (Å²) in [5.41, 5.74) is 0. The number of rotatable bonds is 4.